The van der Waals surface area contributed by atoms with E-state index in [0.29, 0.717) is 18.7 Å². The second-order valence-electron chi connectivity index (χ2n) is 8.88. The second kappa shape index (κ2) is 8.43. The molecule has 8 nitrogen and oxygen atoms in total. The Balaban J connectivity index is 1.46. The van der Waals surface area contributed by atoms with Crippen LogP contribution >= 0.6 is 11.3 Å². The molecule has 1 amide bonds. The summed E-state index contributed by atoms with van der Waals surface area (Å²) in [4.78, 5) is 23.6. The van der Waals surface area contributed by atoms with Gasteiger partial charge in [-0.3, -0.25) is 9.78 Å². The lowest BCUT2D eigenvalue weighted by Crippen LogP contribution is -2.53. The van der Waals surface area contributed by atoms with Crippen molar-refractivity contribution in [2.24, 2.45) is 0 Å². The molecule has 0 N–H and O–H groups in total. The van der Waals surface area contributed by atoms with Crippen molar-refractivity contribution in [1.82, 2.24) is 18.5 Å². The van der Waals surface area contributed by atoms with Crippen molar-refractivity contribution < 1.29 is 13.2 Å². The second-order valence-corrected chi connectivity index (χ2v) is 11.9. The molecular formula is C24H25N5O3S2. The third kappa shape index (κ3) is 3.79. The Bertz CT molecular complexity index is 1390. The number of piperazine rings is 1. The van der Waals surface area contributed by atoms with Gasteiger partial charge in [-0.2, -0.15) is 17.0 Å². The van der Waals surface area contributed by atoms with E-state index in [9.17, 15) is 13.2 Å². The first kappa shape index (κ1) is 22.9. The van der Waals surface area contributed by atoms with Crippen molar-refractivity contribution >= 4 is 37.7 Å². The van der Waals surface area contributed by atoms with Crippen molar-refractivity contribution in [1.29, 1.82) is 0 Å². The number of carbonyl (C=O) groups is 1. The van der Waals surface area contributed by atoms with Crippen LogP contribution in [0.1, 0.15) is 28.8 Å². The van der Waals surface area contributed by atoms with Crippen molar-refractivity contribution in [2.75, 3.05) is 40.3 Å². The van der Waals surface area contributed by atoms with E-state index in [1.165, 1.54) is 22.7 Å². The van der Waals surface area contributed by atoms with Crippen LogP contribution in [-0.4, -0.2) is 73.1 Å². The van der Waals surface area contributed by atoms with Gasteiger partial charge in [0.1, 0.15) is 0 Å². The van der Waals surface area contributed by atoms with Crippen LogP contribution in [0.5, 0.6) is 0 Å². The number of nitrogens with zero attached hydrogens (tertiary/aromatic N) is 5. The van der Waals surface area contributed by atoms with Gasteiger partial charge in [0, 0.05) is 70.4 Å². The maximum atomic E-state index is 13.6. The molecule has 2 fully saturated rings. The van der Waals surface area contributed by atoms with E-state index < -0.39 is 10.2 Å². The Morgan fingerprint density at radius 3 is 2.38 bits per heavy atom. The fraction of sp³-hybridized carbons (Fsp3) is 0.375. The Morgan fingerprint density at radius 1 is 1.12 bits per heavy atom. The van der Waals surface area contributed by atoms with E-state index >= 15 is 0 Å². The lowest BCUT2D eigenvalue weighted by Gasteiger charge is -2.35. The molecule has 0 atom stereocenters. The summed E-state index contributed by atoms with van der Waals surface area (Å²) in [5.74, 6) is -0.149. The minimum absolute atomic E-state index is 0.149. The highest BCUT2D eigenvalue weighted by atomic mass is 32.2. The first-order valence-electron chi connectivity index (χ1n) is 11.1. The fourth-order valence-corrected chi connectivity index (χ4v) is 6.42. The van der Waals surface area contributed by atoms with Crippen LogP contribution in [0, 0.1) is 6.57 Å². The summed E-state index contributed by atoms with van der Waals surface area (Å²) in [5, 5.41) is 1.97. The number of benzene rings is 1. The van der Waals surface area contributed by atoms with Gasteiger partial charge in [0.2, 0.25) is 0 Å². The van der Waals surface area contributed by atoms with Gasteiger partial charge in [-0.1, -0.05) is 24.3 Å². The van der Waals surface area contributed by atoms with Crippen molar-refractivity contribution in [3.63, 3.8) is 0 Å². The monoisotopic (exact) mass is 495 g/mol. The number of aromatic nitrogens is 1. The van der Waals surface area contributed by atoms with Crippen LogP contribution in [0.2, 0.25) is 0 Å². The number of rotatable bonds is 5. The van der Waals surface area contributed by atoms with E-state index in [4.69, 9.17) is 6.57 Å². The third-order valence-electron chi connectivity index (χ3n) is 6.67. The summed E-state index contributed by atoms with van der Waals surface area (Å²) < 4.78 is 28.4. The van der Waals surface area contributed by atoms with E-state index in [0.717, 1.165) is 39.7 Å². The minimum atomic E-state index is -3.50. The molecule has 1 aromatic carbocycles. The molecule has 0 spiro atoms. The molecule has 1 aliphatic carbocycles. The molecule has 3 heterocycles. The average molecular weight is 496 g/mol. The maximum absolute atomic E-state index is 13.6. The van der Waals surface area contributed by atoms with Gasteiger partial charge in [-0.05, 0) is 17.0 Å². The van der Waals surface area contributed by atoms with Gasteiger partial charge in [-0.25, -0.2) is 6.57 Å². The Hall–Kier alpha value is -2.84. The maximum Gasteiger partial charge on any atom is 0.281 e. The van der Waals surface area contributed by atoms with E-state index in [2.05, 4.69) is 9.83 Å². The largest absolute Gasteiger partial charge is 0.336 e. The first-order valence-corrected chi connectivity index (χ1v) is 13.4. The molecule has 1 saturated heterocycles. The molecule has 34 heavy (non-hydrogen) atoms. The van der Waals surface area contributed by atoms with Crippen LogP contribution in [0.4, 0.5) is 0 Å². The molecule has 176 valence electrons. The Kier molecular flexibility index (Phi) is 5.68. The highest BCUT2D eigenvalue weighted by Crippen LogP contribution is 2.50. The number of fused-ring (bicyclic) bond motifs is 1. The van der Waals surface area contributed by atoms with Crippen LogP contribution in [0.3, 0.4) is 0 Å². The predicted molar refractivity (Wildman–Crippen MR) is 133 cm³/mol. The van der Waals surface area contributed by atoms with E-state index in [1.807, 2.05) is 35.7 Å². The summed E-state index contributed by atoms with van der Waals surface area (Å²) in [6.45, 7) is 8.66. The lowest BCUT2D eigenvalue weighted by molar-refractivity contribution is 0.0696. The SMILES string of the molecule is [C-]#[N+]C1(c2ccc(-c3c(C(=O)N4CCN(S(=O)(=O)N(C)C)CC4)cnc4ccsc34)cc2)CC1. The topological polar surface area (TPSA) is 78.2 Å². The summed E-state index contributed by atoms with van der Waals surface area (Å²) in [6.07, 6.45) is 3.41. The highest BCUT2D eigenvalue weighted by molar-refractivity contribution is 7.86. The molecule has 2 aliphatic rings. The van der Waals surface area contributed by atoms with Crippen LogP contribution < -0.4 is 0 Å². The summed E-state index contributed by atoms with van der Waals surface area (Å²) in [6, 6.07) is 9.93. The quantitative estimate of drug-likeness (QED) is 0.508. The average Bonchev–Trinajstić information content (AvgIpc) is 3.51. The van der Waals surface area contributed by atoms with Gasteiger partial charge in [0.15, 0.2) is 0 Å². The van der Waals surface area contributed by atoms with Crippen molar-refractivity contribution in [2.45, 2.75) is 18.4 Å². The molecule has 2 aromatic heterocycles. The molecular weight excluding hydrogens is 470 g/mol. The number of thiophene rings is 1. The lowest BCUT2D eigenvalue weighted by atomic mass is 9.96. The number of amides is 1. The molecule has 3 aromatic rings. The van der Waals surface area contributed by atoms with Gasteiger partial charge < -0.3 is 9.74 Å². The smallest absolute Gasteiger partial charge is 0.281 e. The molecule has 0 radical (unpaired) electrons. The number of hydrogen-bond donors (Lipinski definition) is 0. The molecule has 0 unspecified atom stereocenters. The Morgan fingerprint density at radius 2 is 1.79 bits per heavy atom. The van der Waals surface area contributed by atoms with Crippen molar-refractivity contribution in [3.05, 3.63) is 64.5 Å². The van der Waals surface area contributed by atoms with Gasteiger partial charge in [-0.15, -0.1) is 11.3 Å². The van der Waals surface area contributed by atoms with Gasteiger partial charge in [0.05, 0.1) is 15.8 Å². The molecule has 0 bridgehead atoms. The summed E-state index contributed by atoms with van der Waals surface area (Å²) >= 11 is 1.55. The van der Waals surface area contributed by atoms with Gasteiger partial charge >= 0.3 is 0 Å². The number of carbonyl (C=O) groups excluding carboxylic acids is 1. The highest BCUT2D eigenvalue weighted by Gasteiger charge is 2.52. The Labute approximate surface area is 203 Å². The predicted octanol–water partition coefficient (Wildman–Crippen LogP) is 3.44. The zero-order chi connectivity index (χ0) is 24.1. The van der Waals surface area contributed by atoms with E-state index in [1.54, 1.807) is 22.4 Å². The molecule has 5 rings (SSSR count). The van der Waals surface area contributed by atoms with Crippen LogP contribution in [0.15, 0.2) is 41.9 Å². The molecule has 1 saturated carbocycles. The van der Waals surface area contributed by atoms with Gasteiger partial charge in [0.25, 0.3) is 21.7 Å². The molecule has 1 aliphatic heterocycles. The van der Waals surface area contributed by atoms with E-state index in [-0.39, 0.29) is 24.5 Å². The normalized spacial score (nSPS) is 18.2. The zero-order valence-electron chi connectivity index (χ0n) is 19.1. The number of hydrogen-bond acceptors (Lipinski definition) is 5. The van der Waals surface area contributed by atoms with Crippen molar-refractivity contribution in [3.8, 4) is 11.1 Å². The summed E-state index contributed by atoms with van der Waals surface area (Å²) in [7, 11) is -0.484. The third-order valence-corrected chi connectivity index (χ3v) is 9.53. The first-order chi connectivity index (χ1) is 16.3. The fourth-order valence-electron chi connectivity index (χ4n) is 4.41. The molecule has 10 heteroatoms. The standard InChI is InChI=1S/C24H25N5O3S2/c1-25-24(9-10-24)18-6-4-17(5-7-18)21-19(16-26-20-8-15-33-22(20)21)23(30)28-11-13-29(14-12-28)34(31,32)27(2)3/h4-8,15-16H,9-14H2,2-3H3. The zero-order valence-corrected chi connectivity index (χ0v) is 20.7. The van der Waals surface area contributed by atoms with Crippen LogP contribution in [0.25, 0.3) is 26.2 Å². The van der Waals surface area contributed by atoms with Crippen LogP contribution in [-0.2, 0) is 15.7 Å². The number of pyridine rings is 1. The summed E-state index contributed by atoms with van der Waals surface area (Å²) in [5.41, 5.74) is 3.75. The minimum Gasteiger partial charge on any atom is -0.336 e.